The van der Waals surface area contributed by atoms with E-state index in [-0.39, 0.29) is 5.41 Å². The first-order chi connectivity index (χ1) is 7.42. The summed E-state index contributed by atoms with van der Waals surface area (Å²) in [6.07, 6.45) is 3.02. The van der Waals surface area contributed by atoms with Crippen LogP contribution in [-0.4, -0.2) is 15.1 Å². The molecule has 0 aromatic rings. The van der Waals surface area contributed by atoms with E-state index in [9.17, 15) is 0 Å². The first-order valence-corrected chi connectivity index (χ1v) is 6.81. The minimum atomic E-state index is -0.197. The Bertz CT molecular complexity index is 303. The van der Waals surface area contributed by atoms with Crippen LogP contribution in [0.15, 0.2) is 0 Å². The number of hydrogen-bond acceptors (Lipinski definition) is 3. The topological polar surface area (TPSA) is 24.1 Å². The lowest BCUT2D eigenvalue weighted by molar-refractivity contribution is 0.427. The average Bonchev–Trinajstić information content (AvgIpc) is 2.17. The average molecular weight is 274 g/mol. The number of nitrogens with one attached hydrogen (secondary N) is 2. The van der Waals surface area contributed by atoms with Crippen LogP contribution in [0.5, 0.6) is 0 Å². The van der Waals surface area contributed by atoms with Gasteiger partial charge in [0.1, 0.15) is 0 Å². The number of hydrogen-bond donors (Lipinski definition) is 2. The molecule has 0 aromatic carbocycles. The van der Waals surface area contributed by atoms with Crippen LogP contribution < -0.4 is 10.6 Å². The Morgan fingerprint density at radius 1 is 1.12 bits per heavy atom. The van der Waals surface area contributed by atoms with Gasteiger partial charge in [0.05, 0.1) is 15.4 Å². The van der Waals surface area contributed by atoms with Gasteiger partial charge in [-0.05, 0) is 37.4 Å². The van der Waals surface area contributed by atoms with Gasteiger partial charge in [-0.25, -0.2) is 0 Å². The molecular weight excluding hydrogens is 256 g/mol. The van der Waals surface area contributed by atoms with Crippen molar-refractivity contribution in [3.63, 3.8) is 0 Å². The van der Waals surface area contributed by atoms with Gasteiger partial charge in [-0.15, -0.1) is 0 Å². The highest BCUT2D eigenvalue weighted by Gasteiger charge is 2.41. The minimum absolute atomic E-state index is 0.197. The maximum absolute atomic E-state index is 5.42. The van der Waals surface area contributed by atoms with Crippen LogP contribution in [0, 0.1) is 11.3 Å². The fourth-order valence-electron chi connectivity index (χ4n) is 1.84. The zero-order valence-electron chi connectivity index (χ0n) is 9.92. The summed E-state index contributed by atoms with van der Waals surface area (Å²) in [6, 6.07) is 0. The van der Waals surface area contributed by atoms with Crippen molar-refractivity contribution >= 4 is 51.7 Å². The van der Waals surface area contributed by atoms with E-state index < -0.39 is 0 Å². The summed E-state index contributed by atoms with van der Waals surface area (Å²) in [5.74, 6) is 0.655. The lowest BCUT2D eigenvalue weighted by atomic mass is 9.77. The smallest absolute Gasteiger partial charge is 0.176 e. The van der Waals surface area contributed by atoms with E-state index in [1.165, 1.54) is 0 Å². The molecule has 16 heavy (non-hydrogen) atoms. The molecule has 1 saturated heterocycles. The van der Waals surface area contributed by atoms with Crippen molar-refractivity contribution in [1.29, 1.82) is 0 Å². The highest BCUT2D eigenvalue weighted by molar-refractivity contribution is 7.83. The van der Waals surface area contributed by atoms with E-state index in [1.807, 2.05) is 0 Å². The molecule has 0 radical (unpaired) electrons. The molecule has 2 nitrogen and oxygen atoms in total. The molecule has 1 fully saturated rings. The highest BCUT2D eigenvalue weighted by Crippen LogP contribution is 2.34. The Morgan fingerprint density at radius 3 is 2.00 bits per heavy atom. The van der Waals surface area contributed by atoms with Crippen molar-refractivity contribution in [3.8, 4) is 0 Å². The van der Waals surface area contributed by atoms with E-state index in [0.29, 0.717) is 11.0 Å². The predicted octanol–water partition coefficient (Wildman–Crippen LogP) is 2.95. The van der Waals surface area contributed by atoms with Crippen LogP contribution in [0.2, 0.25) is 0 Å². The standard InChI is InChI=1S/C11H18N2S3/c1-4-11(6-5-7(2)3)8(14)12-10(16)13-9(11)15/h7H,4-6H2,1-3H3,(H2,12,13,14,15,16). The second kappa shape index (κ2) is 5.47. The second-order valence-corrected chi connectivity index (χ2v) is 5.83. The van der Waals surface area contributed by atoms with Gasteiger partial charge in [0, 0.05) is 0 Å². The third-order valence-corrected chi connectivity index (χ3v) is 4.27. The second-order valence-electron chi connectivity index (χ2n) is 4.61. The van der Waals surface area contributed by atoms with Gasteiger partial charge >= 0.3 is 0 Å². The maximum Gasteiger partial charge on any atom is 0.176 e. The van der Waals surface area contributed by atoms with E-state index in [2.05, 4.69) is 31.4 Å². The molecule has 0 aliphatic carbocycles. The molecular formula is C11H18N2S3. The summed E-state index contributed by atoms with van der Waals surface area (Å²) < 4.78 is 0. The molecule has 0 spiro atoms. The highest BCUT2D eigenvalue weighted by atomic mass is 32.1. The van der Waals surface area contributed by atoms with Crippen LogP contribution in [0.1, 0.15) is 40.0 Å². The Labute approximate surface area is 114 Å². The third kappa shape index (κ3) is 2.76. The van der Waals surface area contributed by atoms with Gasteiger partial charge in [0.25, 0.3) is 0 Å². The van der Waals surface area contributed by atoms with Crippen LogP contribution in [0.3, 0.4) is 0 Å². The third-order valence-electron chi connectivity index (χ3n) is 3.08. The van der Waals surface area contributed by atoms with Gasteiger partial charge in [-0.2, -0.15) is 0 Å². The van der Waals surface area contributed by atoms with Gasteiger partial charge < -0.3 is 10.6 Å². The lowest BCUT2D eigenvalue weighted by Crippen LogP contribution is -2.60. The fourth-order valence-corrected chi connectivity index (χ4v) is 3.14. The zero-order chi connectivity index (χ0) is 12.3. The molecule has 2 N–H and O–H groups in total. The van der Waals surface area contributed by atoms with Crippen LogP contribution in [-0.2, 0) is 0 Å². The van der Waals surface area contributed by atoms with Gasteiger partial charge in [-0.3, -0.25) is 0 Å². The quantitative estimate of drug-likeness (QED) is 0.768. The fraction of sp³-hybridized carbons (Fsp3) is 0.727. The summed E-state index contributed by atoms with van der Waals surface area (Å²) >= 11 is 15.9. The van der Waals surface area contributed by atoms with E-state index >= 15 is 0 Å². The van der Waals surface area contributed by atoms with Gasteiger partial charge in [0.2, 0.25) is 0 Å². The van der Waals surface area contributed by atoms with Gasteiger partial charge in [-0.1, -0.05) is 45.2 Å². The van der Waals surface area contributed by atoms with Gasteiger partial charge in [0.15, 0.2) is 5.11 Å². The summed E-state index contributed by atoms with van der Waals surface area (Å²) in [5, 5.41) is 6.61. The first-order valence-electron chi connectivity index (χ1n) is 5.59. The zero-order valence-corrected chi connectivity index (χ0v) is 12.4. The predicted molar refractivity (Wildman–Crippen MR) is 80.9 cm³/mol. The molecule has 0 atom stereocenters. The summed E-state index contributed by atoms with van der Waals surface area (Å²) in [4.78, 5) is 1.56. The summed E-state index contributed by atoms with van der Waals surface area (Å²) in [5.41, 5.74) is -0.197. The molecule has 0 amide bonds. The van der Waals surface area contributed by atoms with Crippen molar-refractivity contribution in [2.45, 2.75) is 40.0 Å². The molecule has 90 valence electrons. The minimum Gasteiger partial charge on any atom is -0.326 e. The largest absolute Gasteiger partial charge is 0.326 e. The molecule has 1 heterocycles. The van der Waals surface area contributed by atoms with Crippen molar-refractivity contribution in [1.82, 2.24) is 10.6 Å². The maximum atomic E-state index is 5.42. The molecule has 1 aliphatic heterocycles. The van der Waals surface area contributed by atoms with Crippen LogP contribution in [0.25, 0.3) is 0 Å². The number of thiocarbonyl (C=S) groups is 3. The molecule has 0 unspecified atom stereocenters. The Hall–Kier alpha value is -0.130. The normalized spacial score (nSPS) is 19.6. The van der Waals surface area contributed by atoms with E-state index in [0.717, 1.165) is 29.2 Å². The van der Waals surface area contributed by atoms with Crippen LogP contribution in [0.4, 0.5) is 0 Å². The van der Waals surface area contributed by atoms with E-state index in [4.69, 9.17) is 36.7 Å². The van der Waals surface area contributed by atoms with Crippen molar-refractivity contribution in [3.05, 3.63) is 0 Å². The first kappa shape index (κ1) is 13.9. The summed E-state index contributed by atoms with van der Waals surface area (Å²) in [6.45, 7) is 6.55. The van der Waals surface area contributed by atoms with Crippen molar-refractivity contribution in [2.75, 3.05) is 0 Å². The van der Waals surface area contributed by atoms with E-state index in [1.54, 1.807) is 0 Å². The molecule has 5 heteroatoms. The molecule has 0 aromatic heterocycles. The Balaban J connectivity index is 2.87. The summed E-state index contributed by atoms with van der Waals surface area (Å²) in [7, 11) is 0. The monoisotopic (exact) mass is 274 g/mol. The number of rotatable bonds is 4. The molecule has 1 rings (SSSR count). The lowest BCUT2D eigenvalue weighted by Gasteiger charge is -2.39. The SMILES string of the molecule is CCC1(CCC(C)C)C(=S)NC(=S)NC1=S. The Morgan fingerprint density at radius 2 is 1.62 bits per heavy atom. The molecule has 1 aliphatic rings. The van der Waals surface area contributed by atoms with Crippen LogP contribution >= 0.6 is 36.7 Å². The molecule has 0 bridgehead atoms. The Kier molecular flexibility index (Phi) is 4.76. The van der Waals surface area contributed by atoms with Crippen molar-refractivity contribution < 1.29 is 0 Å². The van der Waals surface area contributed by atoms with Crippen molar-refractivity contribution in [2.24, 2.45) is 11.3 Å². The molecule has 0 saturated carbocycles.